The van der Waals surface area contributed by atoms with E-state index in [1.54, 1.807) is 0 Å². The fourth-order valence-corrected chi connectivity index (χ4v) is 4.68. The van der Waals surface area contributed by atoms with Gasteiger partial charge in [0, 0.05) is 34.1 Å². The number of pyridine rings is 1. The predicted molar refractivity (Wildman–Crippen MR) is 149 cm³/mol. The largest absolute Gasteiger partial charge is 0.217 e. The molecule has 36 heavy (non-hydrogen) atoms. The number of benzene rings is 3. The van der Waals surface area contributed by atoms with Crippen LogP contribution in [0.5, 0.6) is 0 Å². The summed E-state index contributed by atoms with van der Waals surface area (Å²) in [6.45, 7) is 15.1. The molecule has 0 aliphatic heterocycles. The number of fused-ring (bicyclic) bond motifs is 2. The number of hydrogen-bond acceptors (Lipinski definition) is 3. The Labute approximate surface area is 214 Å². The quantitative estimate of drug-likeness (QED) is 0.253. The van der Waals surface area contributed by atoms with E-state index in [1.807, 2.05) is 0 Å². The second-order valence-corrected chi connectivity index (χ2v) is 11.8. The van der Waals surface area contributed by atoms with Crippen molar-refractivity contribution in [3.63, 3.8) is 0 Å². The Morgan fingerprint density at radius 2 is 1.19 bits per heavy atom. The Morgan fingerprint density at radius 3 is 1.81 bits per heavy atom. The molecule has 0 bridgehead atoms. The van der Waals surface area contributed by atoms with Crippen molar-refractivity contribution in [1.82, 2.24) is 15.0 Å². The third-order valence-corrected chi connectivity index (χ3v) is 6.78. The van der Waals surface area contributed by atoms with E-state index < -0.39 is 0 Å². The molecule has 0 atom stereocenters. The van der Waals surface area contributed by atoms with Crippen molar-refractivity contribution in [3.8, 4) is 22.6 Å². The molecule has 5 rings (SSSR count). The fourth-order valence-electron chi connectivity index (χ4n) is 4.68. The Morgan fingerprint density at radius 1 is 0.639 bits per heavy atom. The SMILES string of the molecule is Cc1cc2ccccc2cc1-c1cc(-c2nc(C(C)(C)C)nc(C(C)(C)C)n2)c2ccccc2[n+]1C. The number of aromatic nitrogens is 4. The average molecular weight is 476 g/mol. The average Bonchev–Trinajstić information content (AvgIpc) is 2.83. The maximum Gasteiger partial charge on any atom is 0.213 e. The fraction of sp³-hybridized carbons (Fsp3) is 0.312. The third-order valence-electron chi connectivity index (χ3n) is 6.78. The van der Waals surface area contributed by atoms with Crippen LogP contribution in [-0.4, -0.2) is 15.0 Å². The number of para-hydroxylation sites is 1. The molecule has 0 saturated carbocycles. The van der Waals surface area contributed by atoms with Gasteiger partial charge >= 0.3 is 0 Å². The maximum atomic E-state index is 5.04. The van der Waals surface area contributed by atoms with Gasteiger partial charge in [0.1, 0.15) is 18.7 Å². The van der Waals surface area contributed by atoms with Crippen LogP contribution in [0.15, 0.2) is 66.7 Å². The number of hydrogen-bond donors (Lipinski definition) is 0. The number of aryl methyl sites for hydroxylation is 2. The highest BCUT2D eigenvalue weighted by Crippen LogP contribution is 2.34. The second-order valence-electron chi connectivity index (χ2n) is 11.8. The highest BCUT2D eigenvalue weighted by atomic mass is 15.1. The van der Waals surface area contributed by atoms with E-state index in [0.717, 1.165) is 39.6 Å². The van der Waals surface area contributed by atoms with Gasteiger partial charge in [0.25, 0.3) is 0 Å². The Hall–Kier alpha value is -3.66. The first-order valence-corrected chi connectivity index (χ1v) is 12.6. The Bertz CT molecular complexity index is 1590. The van der Waals surface area contributed by atoms with Crippen molar-refractivity contribution in [1.29, 1.82) is 0 Å². The number of nitrogens with zero attached hydrogens (tertiary/aromatic N) is 4. The molecule has 0 spiro atoms. The van der Waals surface area contributed by atoms with Crippen LogP contribution >= 0.6 is 0 Å². The van der Waals surface area contributed by atoms with Crippen LogP contribution in [-0.2, 0) is 17.9 Å². The predicted octanol–water partition coefficient (Wildman–Crippen LogP) is 7.24. The van der Waals surface area contributed by atoms with E-state index in [-0.39, 0.29) is 10.8 Å². The summed E-state index contributed by atoms with van der Waals surface area (Å²) in [6, 6.07) is 23.9. The summed E-state index contributed by atoms with van der Waals surface area (Å²) in [5.74, 6) is 2.37. The van der Waals surface area contributed by atoms with Crippen LogP contribution in [0.25, 0.3) is 44.3 Å². The highest BCUT2D eigenvalue weighted by Gasteiger charge is 2.28. The normalized spacial score (nSPS) is 12.4. The zero-order valence-electron chi connectivity index (χ0n) is 22.6. The van der Waals surface area contributed by atoms with E-state index in [2.05, 4.69) is 127 Å². The summed E-state index contributed by atoms with van der Waals surface area (Å²) in [5.41, 5.74) is 5.39. The van der Waals surface area contributed by atoms with Crippen LogP contribution in [0.4, 0.5) is 0 Å². The maximum absolute atomic E-state index is 5.04. The van der Waals surface area contributed by atoms with Gasteiger partial charge in [0.15, 0.2) is 5.82 Å². The van der Waals surface area contributed by atoms with E-state index in [4.69, 9.17) is 15.0 Å². The summed E-state index contributed by atoms with van der Waals surface area (Å²) in [7, 11) is 2.14. The minimum absolute atomic E-state index is 0.190. The molecule has 0 amide bonds. The van der Waals surface area contributed by atoms with Gasteiger partial charge < -0.3 is 0 Å². The molecule has 5 aromatic rings. The minimum atomic E-state index is -0.190. The van der Waals surface area contributed by atoms with E-state index in [1.165, 1.54) is 21.9 Å². The summed E-state index contributed by atoms with van der Waals surface area (Å²) >= 11 is 0. The summed E-state index contributed by atoms with van der Waals surface area (Å²) in [5, 5.41) is 3.62. The molecular formula is C32H35N4+. The Balaban J connectivity index is 1.85. The number of rotatable bonds is 2. The van der Waals surface area contributed by atoms with Crippen molar-refractivity contribution < 1.29 is 4.57 Å². The third kappa shape index (κ3) is 4.26. The molecule has 0 N–H and O–H groups in total. The lowest BCUT2D eigenvalue weighted by Gasteiger charge is -2.23. The van der Waals surface area contributed by atoms with Crippen LogP contribution in [0.2, 0.25) is 0 Å². The van der Waals surface area contributed by atoms with Crippen molar-refractivity contribution in [2.45, 2.75) is 59.3 Å². The van der Waals surface area contributed by atoms with Crippen molar-refractivity contribution in [3.05, 3.63) is 83.9 Å². The molecule has 0 aliphatic carbocycles. The first-order valence-electron chi connectivity index (χ1n) is 12.6. The zero-order valence-corrected chi connectivity index (χ0v) is 22.6. The van der Waals surface area contributed by atoms with Gasteiger partial charge in [-0.15, -0.1) is 0 Å². The van der Waals surface area contributed by atoms with Gasteiger partial charge in [-0.1, -0.05) is 84.0 Å². The molecule has 2 heterocycles. The van der Waals surface area contributed by atoms with Crippen LogP contribution < -0.4 is 4.57 Å². The van der Waals surface area contributed by atoms with Crippen LogP contribution in [0, 0.1) is 6.92 Å². The first kappa shape index (κ1) is 24.1. The molecule has 0 saturated heterocycles. The monoisotopic (exact) mass is 475 g/mol. The molecule has 4 nitrogen and oxygen atoms in total. The lowest BCUT2D eigenvalue weighted by molar-refractivity contribution is -0.633. The summed E-state index contributed by atoms with van der Waals surface area (Å²) in [6.07, 6.45) is 0. The standard InChI is InChI=1S/C32H35N4/c1-20-17-21-13-9-10-14-22(21)18-24(20)27-19-25(23-15-11-12-16-26(23)36(27)8)28-33-29(31(2,3)4)35-30(34-28)32(5,6)7/h9-19H,1-8H3/q+1. The molecule has 3 aromatic carbocycles. The van der Waals surface area contributed by atoms with Crippen molar-refractivity contribution in [2.75, 3.05) is 0 Å². The lowest BCUT2D eigenvalue weighted by Crippen LogP contribution is -2.32. The van der Waals surface area contributed by atoms with Gasteiger partial charge in [-0.3, -0.25) is 0 Å². The van der Waals surface area contributed by atoms with Gasteiger partial charge in [0.2, 0.25) is 11.2 Å². The summed E-state index contributed by atoms with van der Waals surface area (Å²) in [4.78, 5) is 15.0. The van der Waals surface area contributed by atoms with Gasteiger partial charge in [0.05, 0.1) is 5.39 Å². The topological polar surface area (TPSA) is 42.6 Å². The smallest absolute Gasteiger partial charge is 0.213 e. The second kappa shape index (κ2) is 8.48. The molecule has 0 aliphatic rings. The van der Waals surface area contributed by atoms with E-state index in [0.29, 0.717) is 0 Å². The van der Waals surface area contributed by atoms with Gasteiger partial charge in [-0.05, 0) is 35.4 Å². The Kier molecular flexibility index (Phi) is 5.66. The minimum Gasteiger partial charge on any atom is -0.217 e. The summed E-state index contributed by atoms with van der Waals surface area (Å²) < 4.78 is 2.28. The molecule has 182 valence electrons. The lowest BCUT2D eigenvalue weighted by atomic mass is 9.92. The van der Waals surface area contributed by atoms with Gasteiger partial charge in [-0.25, -0.2) is 15.0 Å². The van der Waals surface area contributed by atoms with Crippen LogP contribution in [0.3, 0.4) is 0 Å². The molecule has 2 aromatic heterocycles. The molecule has 0 unspecified atom stereocenters. The molecule has 0 fully saturated rings. The highest BCUT2D eigenvalue weighted by molar-refractivity contribution is 5.94. The van der Waals surface area contributed by atoms with Crippen molar-refractivity contribution in [2.24, 2.45) is 7.05 Å². The molecular weight excluding hydrogens is 440 g/mol. The van der Waals surface area contributed by atoms with E-state index >= 15 is 0 Å². The zero-order chi connectivity index (χ0) is 25.8. The van der Waals surface area contributed by atoms with Crippen molar-refractivity contribution >= 4 is 21.7 Å². The molecule has 0 radical (unpaired) electrons. The van der Waals surface area contributed by atoms with Gasteiger partial charge in [-0.2, -0.15) is 4.57 Å². The molecule has 4 heteroatoms. The van der Waals surface area contributed by atoms with E-state index in [9.17, 15) is 0 Å². The first-order chi connectivity index (χ1) is 16.9. The van der Waals surface area contributed by atoms with Crippen LogP contribution in [0.1, 0.15) is 58.8 Å².